The highest BCUT2D eigenvalue weighted by atomic mass is 16.5. The average molecular weight is 665 g/mol. The summed E-state index contributed by atoms with van der Waals surface area (Å²) in [6, 6.07) is 0. The molecule has 0 aliphatic rings. The van der Waals surface area contributed by atoms with E-state index >= 15 is 0 Å². The van der Waals surface area contributed by atoms with Crippen LogP contribution in [-0.2, 0) is 47.6 Å². The van der Waals surface area contributed by atoms with Gasteiger partial charge in [-0.2, -0.15) is 0 Å². The Balaban J connectivity index is 3.24. The zero-order chi connectivity index (χ0) is 33.8. The van der Waals surface area contributed by atoms with Crippen LogP contribution in [0.1, 0.15) is 89.9 Å². The van der Waals surface area contributed by atoms with Crippen molar-refractivity contribution in [3.8, 4) is 0 Å². The Hall–Kier alpha value is -2.36. The maximum Gasteiger partial charge on any atom is 0.305 e. The number of ether oxygens (including phenoxy) is 6. The van der Waals surface area contributed by atoms with Crippen molar-refractivity contribution >= 4 is 23.8 Å². The molecule has 0 aliphatic heterocycles. The van der Waals surface area contributed by atoms with Gasteiger partial charge in [-0.25, -0.2) is 0 Å². The summed E-state index contributed by atoms with van der Waals surface area (Å²) in [4.78, 5) is 44.5. The fraction of sp³-hybridized carbons (Fsp3) is 0.875. The van der Waals surface area contributed by atoms with Crippen molar-refractivity contribution in [2.45, 2.75) is 89.9 Å². The number of hydrogen-bond donors (Lipinski definition) is 4. The van der Waals surface area contributed by atoms with Gasteiger partial charge < -0.3 is 49.3 Å². The number of carboxylic acids is 2. The first-order chi connectivity index (χ1) is 22.4. The topological polar surface area (TPSA) is 188 Å². The van der Waals surface area contributed by atoms with E-state index in [0.29, 0.717) is 92.2 Å². The van der Waals surface area contributed by atoms with Crippen LogP contribution in [-0.4, -0.2) is 126 Å². The first-order valence-electron chi connectivity index (χ1n) is 16.8. The van der Waals surface area contributed by atoms with Crippen LogP contribution in [0.15, 0.2) is 0 Å². The van der Waals surface area contributed by atoms with Gasteiger partial charge in [-0.1, -0.05) is 51.4 Å². The molecule has 0 saturated heterocycles. The molecule has 46 heavy (non-hydrogen) atoms. The molecule has 4 N–H and O–H groups in total. The molecule has 0 spiro atoms. The SMILES string of the molecule is O=C(O)CCCCCCCCCCCCC(=O)NCCOCCOCCOCCC(=O)NCCOCCOCCOCCC(=O)O. The van der Waals surface area contributed by atoms with Crippen molar-refractivity contribution in [1.82, 2.24) is 10.6 Å². The number of aliphatic carboxylic acids is 2. The Morgan fingerprint density at radius 1 is 0.348 bits per heavy atom. The van der Waals surface area contributed by atoms with Gasteiger partial charge in [-0.15, -0.1) is 0 Å². The maximum atomic E-state index is 11.9. The van der Waals surface area contributed by atoms with Gasteiger partial charge in [0.1, 0.15) is 0 Å². The van der Waals surface area contributed by atoms with Gasteiger partial charge in [0.15, 0.2) is 0 Å². The van der Waals surface area contributed by atoms with Crippen LogP contribution in [0.4, 0.5) is 0 Å². The molecular formula is C32H60N2O12. The van der Waals surface area contributed by atoms with Crippen molar-refractivity contribution in [1.29, 1.82) is 0 Å². The summed E-state index contributed by atoms with van der Waals surface area (Å²) < 4.78 is 32.1. The summed E-state index contributed by atoms with van der Waals surface area (Å²) in [7, 11) is 0. The monoisotopic (exact) mass is 664 g/mol. The molecule has 0 aromatic rings. The van der Waals surface area contributed by atoms with Gasteiger partial charge in [0.2, 0.25) is 11.8 Å². The molecule has 0 fully saturated rings. The lowest BCUT2D eigenvalue weighted by Crippen LogP contribution is -2.28. The van der Waals surface area contributed by atoms with Crippen molar-refractivity contribution in [2.24, 2.45) is 0 Å². The fourth-order valence-electron chi connectivity index (χ4n) is 4.09. The number of carbonyl (C=O) groups excluding carboxylic acids is 2. The molecule has 14 nitrogen and oxygen atoms in total. The summed E-state index contributed by atoms with van der Waals surface area (Å²) in [5.41, 5.74) is 0. The Labute approximate surface area is 274 Å². The molecule has 0 aromatic heterocycles. The molecule has 0 saturated carbocycles. The number of carbonyl (C=O) groups is 4. The molecule has 2 amide bonds. The Bertz CT molecular complexity index is 682. The normalized spacial score (nSPS) is 11.0. The predicted octanol–water partition coefficient (Wildman–Crippen LogP) is 2.95. The zero-order valence-corrected chi connectivity index (χ0v) is 27.8. The van der Waals surface area contributed by atoms with Gasteiger partial charge in [0.25, 0.3) is 0 Å². The lowest BCUT2D eigenvalue weighted by Gasteiger charge is -2.09. The number of nitrogens with one attached hydrogen (secondary N) is 2. The van der Waals surface area contributed by atoms with Gasteiger partial charge >= 0.3 is 11.9 Å². The molecule has 270 valence electrons. The van der Waals surface area contributed by atoms with E-state index in [-0.39, 0.29) is 37.7 Å². The quantitative estimate of drug-likeness (QED) is 0.0712. The van der Waals surface area contributed by atoms with Gasteiger partial charge in [0, 0.05) is 32.4 Å². The van der Waals surface area contributed by atoms with E-state index in [1.165, 1.54) is 25.7 Å². The molecule has 0 atom stereocenters. The zero-order valence-electron chi connectivity index (χ0n) is 27.8. The lowest BCUT2D eigenvalue weighted by molar-refractivity contribution is -0.139. The standard InChI is InChI=1S/C32H60N2O12/c35-29(11-9-7-5-3-1-2-4-6-8-10-12-31(37)38)33-15-19-43-23-27-45-25-21-41-17-13-30(36)34-16-20-44-24-28-46-26-22-42-18-14-32(39)40/h1-28H2,(H,33,35)(H,34,36)(H,37,38)(H,39,40). The number of carboxylic acid groups (broad SMARTS) is 2. The van der Waals surface area contributed by atoms with Crippen LogP contribution in [0.3, 0.4) is 0 Å². The molecule has 14 heteroatoms. The minimum atomic E-state index is -0.893. The van der Waals surface area contributed by atoms with Gasteiger partial charge in [-0.3, -0.25) is 19.2 Å². The Morgan fingerprint density at radius 2 is 0.652 bits per heavy atom. The van der Waals surface area contributed by atoms with E-state index in [2.05, 4.69) is 10.6 Å². The minimum absolute atomic E-state index is 0.0245. The number of rotatable bonds is 37. The summed E-state index contributed by atoms with van der Waals surface area (Å²) in [5.74, 6) is -1.67. The van der Waals surface area contributed by atoms with Crippen molar-refractivity contribution in [3.63, 3.8) is 0 Å². The van der Waals surface area contributed by atoms with Crippen LogP contribution >= 0.6 is 0 Å². The molecular weight excluding hydrogens is 604 g/mol. The highest BCUT2D eigenvalue weighted by Crippen LogP contribution is 2.12. The van der Waals surface area contributed by atoms with Gasteiger partial charge in [-0.05, 0) is 12.8 Å². The van der Waals surface area contributed by atoms with Crippen LogP contribution in [0, 0.1) is 0 Å². The second kappa shape index (κ2) is 35.5. The smallest absolute Gasteiger partial charge is 0.305 e. The van der Waals surface area contributed by atoms with E-state index in [1.807, 2.05) is 0 Å². The molecule has 0 aromatic carbocycles. The van der Waals surface area contributed by atoms with E-state index in [4.69, 9.17) is 38.6 Å². The minimum Gasteiger partial charge on any atom is -0.481 e. The molecule has 0 aliphatic carbocycles. The van der Waals surface area contributed by atoms with E-state index in [9.17, 15) is 19.2 Å². The summed E-state index contributed by atoms with van der Waals surface area (Å²) in [6.45, 7) is 5.26. The van der Waals surface area contributed by atoms with Crippen molar-refractivity contribution in [2.75, 3.05) is 92.4 Å². The highest BCUT2D eigenvalue weighted by molar-refractivity contribution is 5.76. The summed E-state index contributed by atoms with van der Waals surface area (Å²) in [6.07, 6.45) is 11.8. The maximum absolute atomic E-state index is 11.9. The van der Waals surface area contributed by atoms with E-state index in [1.54, 1.807) is 0 Å². The third-order valence-corrected chi connectivity index (χ3v) is 6.60. The van der Waals surface area contributed by atoms with Crippen LogP contribution in [0.5, 0.6) is 0 Å². The summed E-state index contributed by atoms with van der Waals surface area (Å²) in [5, 5.41) is 22.7. The second-order valence-corrected chi connectivity index (χ2v) is 10.7. The lowest BCUT2D eigenvalue weighted by atomic mass is 10.1. The molecule has 0 bridgehead atoms. The largest absolute Gasteiger partial charge is 0.481 e. The van der Waals surface area contributed by atoms with E-state index in [0.717, 1.165) is 38.5 Å². The third kappa shape index (κ3) is 37.8. The fourth-order valence-corrected chi connectivity index (χ4v) is 4.09. The molecule has 0 unspecified atom stereocenters. The average Bonchev–Trinajstić information content (AvgIpc) is 3.02. The van der Waals surface area contributed by atoms with Crippen LogP contribution in [0.25, 0.3) is 0 Å². The van der Waals surface area contributed by atoms with E-state index < -0.39 is 11.9 Å². The van der Waals surface area contributed by atoms with Gasteiger partial charge in [0.05, 0.1) is 85.7 Å². The predicted molar refractivity (Wildman–Crippen MR) is 171 cm³/mol. The molecule has 0 heterocycles. The Morgan fingerprint density at radius 3 is 1.07 bits per heavy atom. The molecule has 0 radical (unpaired) electrons. The van der Waals surface area contributed by atoms with Crippen molar-refractivity contribution < 1.29 is 57.8 Å². The first-order valence-corrected chi connectivity index (χ1v) is 16.8. The Kier molecular flexibility index (Phi) is 33.7. The number of amides is 2. The van der Waals surface area contributed by atoms with Crippen LogP contribution < -0.4 is 10.6 Å². The first kappa shape index (κ1) is 43.6. The number of hydrogen-bond acceptors (Lipinski definition) is 10. The third-order valence-electron chi connectivity index (χ3n) is 6.60. The highest BCUT2D eigenvalue weighted by Gasteiger charge is 2.03. The van der Waals surface area contributed by atoms with Crippen molar-refractivity contribution in [3.05, 3.63) is 0 Å². The molecule has 0 rings (SSSR count). The summed E-state index contributed by atoms with van der Waals surface area (Å²) >= 11 is 0. The number of unbranched alkanes of at least 4 members (excludes halogenated alkanes) is 9. The second-order valence-electron chi connectivity index (χ2n) is 10.7. The van der Waals surface area contributed by atoms with Crippen LogP contribution in [0.2, 0.25) is 0 Å².